The van der Waals surface area contributed by atoms with E-state index in [2.05, 4.69) is 20.5 Å². The van der Waals surface area contributed by atoms with Gasteiger partial charge in [-0.15, -0.1) is 10.2 Å². The normalized spacial score (nSPS) is 24.8. The van der Waals surface area contributed by atoms with Crippen molar-refractivity contribution < 1.29 is 14.2 Å². The van der Waals surface area contributed by atoms with Crippen LogP contribution in [0.2, 0.25) is 0 Å². The number of hydrogen-bond acceptors (Lipinski definition) is 7. The first-order valence-electron chi connectivity index (χ1n) is 10.8. The molecular weight excluding hydrogens is 413 g/mol. The number of nitrogens with one attached hydrogen (secondary N) is 1. The monoisotopic (exact) mass is 437 g/mol. The first kappa shape index (κ1) is 20.6. The fraction of sp³-hybridized carbons (Fsp3) is 0.391. The fourth-order valence-corrected chi connectivity index (χ4v) is 4.49. The summed E-state index contributed by atoms with van der Waals surface area (Å²) < 4.78 is 21.9. The lowest BCUT2D eigenvalue weighted by molar-refractivity contribution is 0.00652. The van der Waals surface area contributed by atoms with Gasteiger partial charge in [0.05, 0.1) is 11.4 Å². The molecule has 2 saturated heterocycles. The Kier molecular flexibility index (Phi) is 5.34. The van der Waals surface area contributed by atoms with Crippen LogP contribution in [0.15, 0.2) is 47.4 Å². The maximum atomic E-state index is 14.7. The van der Waals surface area contributed by atoms with E-state index in [0.717, 1.165) is 19.3 Å². The Bertz CT molecular complexity index is 1180. The molecule has 5 rings (SSSR count). The van der Waals surface area contributed by atoms with E-state index in [0.29, 0.717) is 28.9 Å². The molecule has 32 heavy (non-hydrogen) atoms. The number of phenolic OH excluding ortho intramolecular Hbond substituents is 1. The van der Waals surface area contributed by atoms with Crippen LogP contribution < -0.4 is 15.7 Å². The molecule has 2 bridgehead atoms. The Morgan fingerprint density at radius 3 is 2.78 bits per heavy atom. The maximum Gasteiger partial charge on any atom is 0.347 e. The Hall–Kier alpha value is -3.33. The topological polar surface area (TPSA) is 102 Å². The quantitative estimate of drug-likeness (QED) is 0.647. The molecule has 1 aromatic carbocycles. The van der Waals surface area contributed by atoms with Gasteiger partial charge in [0.25, 0.3) is 0 Å². The second kappa shape index (κ2) is 8.31. The number of fused-ring (bicyclic) bond motifs is 2. The number of piperidine rings is 2. The van der Waals surface area contributed by atoms with E-state index in [-0.39, 0.29) is 29.4 Å². The van der Waals surface area contributed by atoms with Crippen LogP contribution in [0, 0.1) is 0 Å². The molecule has 2 aliphatic rings. The third-order valence-corrected chi connectivity index (χ3v) is 6.23. The zero-order valence-corrected chi connectivity index (χ0v) is 17.6. The van der Waals surface area contributed by atoms with Crippen LogP contribution in [0.3, 0.4) is 0 Å². The molecule has 2 N–H and O–H groups in total. The lowest BCUT2D eigenvalue weighted by Crippen LogP contribution is -2.59. The molecular formula is C23H24FN5O3. The zero-order chi connectivity index (χ0) is 22.2. The van der Waals surface area contributed by atoms with Crippen molar-refractivity contribution in [3.05, 3.63) is 53.1 Å². The van der Waals surface area contributed by atoms with Crippen molar-refractivity contribution in [1.82, 2.24) is 25.1 Å². The Morgan fingerprint density at radius 2 is 2.03 bits per heavy atom. The van der Waals surface area contributed by atoms with Crippen LogP contribution in [0.4, 0.5) is 4.39 Å². The van der Waals surface area contributed by atoms with Crippen LogP contribution in [0.25, 0.3) is 22.5 Å². The predicted molar refractivity (Wildman–Crippen MR) is 116 cm³/mol. The van der Waals surface area contributed by atoms with Crippen LogP contribution in [0.1, 0.15) is 25.7 Å². The number of nitrogens with zero attached hydrogens (tertiary/aromatic N) is 4. The van der Waals surface area contributed by atoms with Gasteiger partial charge < -0.3 is 19.7 Å². The second-order valence-corrected chi connectivity index (χ2v) is 8.43. The average Bonchev–Trinajstić information content (AvgIpc) is 2.80. The van der Waals surface area contributed by atoms with E-state index in [9.17, 15) is 14.3 Å². The minimum Gasteiger partial charge on any atom is -0.507 e. The molecule has 2 fully saturated rings. The number of aryl methyl sites for hydroxylation is 1. The number of rotatable bonds is 4. The molecule has 9 heteroatoms. The van der Waals surface area contributed by atoms with Crippen molar-refractivity contribution in [2.24, 2.45) is 7.05 Å². The molecule has 3 aromatic rings. The summed E-state index contributed by atoms with van der Waals surface area (Å²) in [5.41, 5.74) is 1.65. The summed E-state index contributed by atoms with van der Waals surface area (Å²) in [6.07, 6.45) is 3.53. The van der Waals surface area contributed by atoms with Gasteiger partial charge in [-0.1, -0.05) is 12.5 Å². The standard InChI is InChI=1S/C23H24FN5O3/c1-29-10-9-16(26-23(29)31)13-5-6-15(19(30)11-13)17-7-8-21(28-27-17)32-20-12-14-3-2-4-18(25-14)22(20)24/h5-11,14,18,20,22,25,30H,2-4,12H2,1H3/t14-,18+,20-,22+/m0/s1. The summed E-state index contributed by atoms with van der Waals surface area (Å²) in [6, 6.07) is 10.1. The lowest BCUT2D eigenvalue weighted by Gasteiger charge is -2.42. The minimum atomic E-state index is -1.08. The lowest BCUT2D eigenvalue weighted by atomic mass is 9.84. The van der Waals surface area contributed by atoms with Gasteiger partial charge in [0.2, 0.25) is 5.88 Å². The number of aromatic hydroxyl groups is 1. The van der Waals surface area contributed by atoms with E-state index < -0.39 is 12.3 Å². The molecule has 166 valence electrons. The number of benzene rings is 1. The number of ether oxygens (including phenoxy) is 1. The molecule has 2 aromatic heterocycles. The van der Waals surface area contributed by atoms with Crippen LogP contribution in [-0.4, -0.2) is 49.2 Å². The molecule has 4 atom stereocenters. The van der Waals surface area contributed by atoms with Crippen LogP contribution in [0.5, 0.6) is 11.6 Å². The Labute approximate surface area is 184 Å². The predicted octanol–water partition coefficient (Wildman–Crippen LogP) is 2.61. The number of halogens is 1. The third-order valence-electron chi connectivity index (χ3n) is 6.23. The molecule has 0 aliphatic carbocycles. The molecule has 8 nitrogen and oxygen atoms in total. The van der Waals surface area contributed by atoms with E-state index in [1.54, 1.807) is 43.6 Å². The Morgan fingerprint density at radius 1 is 1.16 bits per heavy atom. The first-order valence-corrected chi connectivity index (χ1v) is 10.8. The van der Waals surface area contributed by atoms with Gasteiger partial charge in [-0.25, -0.2) is 9.18 Å². The van der Waals surface area contributed by atoms with Gasteiger partial charge >= 0.3 is 5.69 Å². The van der Waals surface area contributed by atoms with E-state index >= 15 is 0 Å². The molecule has 0 unspecified atom stereocenters. The van der Waals surface area contributed by atoms with Crippen molar-refractivity contribution in [3.8, 4) is 34.1 Å². The number of phenols is 1. The van der Waals surface area contributed by atoms with Crippen molar-refractivity contribution in [3.63, 3.8) is 0 Å². The molecule has 0 saturated carbocycles. The molecule has 4 heterocycles. The summed E-state index contributed by atoms with van der Waals surface area (Å²) in [5.74, 6) is 0.254. The SMILES string of the molecule is Cn1ccc(-c2ccc(-c3ccc(O[C@H]4C[C@@H]5CCC[C@@H](N5)[C@H]4F)nn3)c(O)c2)nc1=O. The fourth-order valence-electron chi connectivity index (χ4n) is 4.49. The molecule has 0 amide bonds. The maximum absolute atomic E-state index is 14.7. The van der Waals surface area contributed by atoms with Crippen molar-refractivity contribution in [1.29, 1.82) is 0 Å². The number of aromatic nitrogens is 4. The molecule has 0 spiro atoms. The van der Waals surface area contributed by atoms with E-state index in [1.165, 1.54) is 10.6 Å². The summed E-state index contributed by atoms with van der Waals surface area (Å²) in [5, 5.41) is 22.1. The summed E-state index contributed by atoms with van der Waals surface area (Å²) in [4.78, 5) is 15.8. The summed E-state index contributed by atoms with van der Waals surface area (Å²) in [7, 11) is 1.62. The first-order chi connectivity index (χ1) is 15.5. The number of alkyl halides is 1. The smallest absolute Gasteiger partial charge is 0.347 e. The van der Waals surface area contributed by atoms with Gasteiger partial charge in [-0.3, -0.25) is 0 Å². The zero-order valence-electron chi connectivity index (χ0n) is 17.6. The minimum absolute atomic E-state index is 0.0112. The van der Waals surface area contributed by atoms with Gasteiger partial charge in [-0.2, -0.15) is 4.98 Å². The van der Waals surface area contributed by atoms with Gasteiger partial charge in [0.15, 0.2) is 6.17 Å². The van der Waals surface area contributed by atoms with Crippen LogP contribution >= 0.6 is 0 Å². The highest BCUT2D eigenvalue weighted by Gasteiger charge is 2.41. The summed E-state index contributed by atoms with van der Waals surface area (Å²) >= 11 is 0. The highest BCUT2D eigenvalue weighted by atomic mass is 19.1. The summed E-state index contributed by atoms with van der Waals surface area (Å²) in [6.45, 7) is 0. The molecule has 0 radical (unpaired) electrons. The van der Waals surface area contributed by atoms with E-state index in [1.807, 2.05) is 0 Å². The Balaban J connectivity index is 1.32. The molecule has 2 aliphatic heterocycles. The van der Waals surface area contributed by atoms with Crippen LogP contribution in [-0.2, 0) is 7.05 Å². The number of hydrogen-bond donors (Lipinski definition) is 2. The van der Waals surface area contributed by atoms with Gasteiger partial charge in [-0.05, 0) is 37.1 Å². The van der Waals surface area contributed by atoms with E-state index in [4.69, 9.17) is 4.74 Å². The largest absolute Gasteiger partial charge is 0.507 e. The van der Waals surface area contributed by atoms with Gasteiger partial charge in [0.1, 0.15) is 11.9 Å². The highest BCUT2D eigenvalue weighted by molar-refractivity contribution is 5.72. The second-order valence-electron chi connectivity index (χ2n) is 8.43. The van der Waals surface area contributed by atoms with Crippen molar-refractivity contribution in [2.45, 2.75) is 50.0 Å². The van der Waals surface area contributed by atoms with Crippen molar-refractivity contribution >= 4 is 0 Å². The van der Waals surface area contributed by atoms with Gasteiger partial charge in [0, 0.05) is 48.9 Å². The highest BCUT2D eigenvalue weighted by Crippen LogP contribution is 2.33. The third kappa shape index (κ3) is 3.95. The average molecular weight is 437 g/mol. The van der Waals surface area contributed by atoms with Crippen molar-refractivity contribution in [2.75, 3.05) is 0 Å².